The predicted molar refractivity (Wildman–Crippen MR) is 66.0 cm³/mol. The van der Waals surface area contributed by atoms with Gasteiger partial charge in [0.1, 0.15) is 5.76 Å². The summed E-state index contributed by atoms with van der Waals surface area (Å²) in [5.74, 6) is -1.88. The molecule has 1 heterocycles. The van der Waals surface area contributed by atoms with Gasteiger partial charge in [0.25, 0.3) is 5.69 Å². The molecule has 2 aromatic rings. The lowest BCUT2D eigenvalue weighted by molar-refractivity contribution is -0.385. The lowest BCUT2D eigenvalue weighted by Gasteiger charge is -2.05. The van der Waals surface area contributed by atoms with E-state index in [-0.39, 0.29) is 23.7 Å². The van der Waals surface area contributed by atoms with Crippen LogP contribution in [0.3, 0.4) is 0 Å². The molecule has 0 saturated carbocycles. The molecule has 0 aliphatic rings. The fourth-order valence-corrected chi connectivity index (χ4v) is 1.53. The number of carbonyl (C=O) groups is 1. The molecule has 0 spiro atoms. The maximum atomic E-state index is 13.6. The SMILES string of the molecule is O=C(O)c1ccc(CNc2ccc([N+](=O)[O-])cc2F)o1. The highest BCUT2D eigenvalue weighted by atomic mass is 19.1. The van der Waals surface area contributed by atoms with E-state index in [2.05, 4.69) is 5.32 Å². The summed E-state index contributed by atoms with van der Waals surface area (Å²) in [7, 11) is 0. The lowest BCUT2D eigenvalue weighted by atomic mass is 10.2. The van der Waals surface area contributed by atoms with Crippen LogP contribution in [0.1, 0.15) is 16.3 Å². The van der Waals surface area contributed by atoms with E-state index in [9.17, 15) is 19.3 Å². The van der Waals surface area contributed by atoms with E-state index in [4.69, 9.17) is 9.52 Å². The van der Waals surface area contributed by atoms with E-state index in [1.807, 2.05) is 0 Å². The molecule has 8 heteroatoms. The summed E-state index contributed by atoms with van der Waals surface area (Å²) in [4.78, 5) is 20.4. The van der Waals surface area contributed by atoms with Crippen LogP contribution >= 0.6 is 0 Å². The number of carboxylic acid groups (broad SMARTS) is 1. The molecule has 7 nitrogen and oxygen atoms in total. The van der Waals surface area contributed by atoms with Crippen molar-refractivity contribution >= 4 is 17.3 Å². The fourth-order valence-electron chi connectivity index (χ4n) is 1.53. The van der Waals surface area contributed by atoms with Gasteiger partial charge in [-0.2, -0.15) is 0 Å². The third kappa shape index (κ3) is 2.91. The molecule has 1 aromatic heterocycles. The number of furan rings is 1. The summed E-state index contributed by atoms with van der Waals surface area (Å²) in [6, 6.07) is 5.92. The fraction of sp³-hybridized carbons (Fsp3) is 0.0833. The number of nitrogens with zero attached hydrogens (tertiary/aromatic N) is 1. The van der Waals surface area contributed by atoms with Gasteiger partial charge >= 0.3 is 5.97 Å². The van der Waals surface area contributed by atoms with E-state index in [1.165, 1.54) is 18.2 Å². The van der Waals surface area contributed by atoms with Gasteiger partial charge < -0.3 is 14.8 Å². The number of anilines is 1. The lowest BCUT2D eigenvalue weighted by Crippen LogP contribution is -2.01. The van der Waals surface area contributed by atoms with Crippen molar-refractivity contribution in [3.05, 3.63) is 57.8 Å². The highest BCUT2D eigenvalue weighted by Gasteiger charge is 2.12. The van der Waals surface area contributed by atoms with E-state index in [0.717, 1.165) is 12.1 Å². The minimum absolute atomic E-state index is 0.0576. The maximum absolute atomic E-state index is 13.6. The Hall–Kier alpha value is -2.90. The molecule has 20 heavy (non-hydrogen) atoms. The number of nitro benzene ring substituents is 1. The number of carboxylic acids is 1. The highest BCUT2D eigenvalue weighted by Crippen LogP contribution is 2.21. The molecule has 0 aliphatic heterocycles. The molecule has 0 saturated heterocycles. The Labute approximate surface area is 111 Å². The quantitative estimate of drug-likeness (QED) is 0.644. The molecule has 0 unspecified atom stereocenters. The van der Waals surface area contributed by atoms with Gasteiger partial charge in [-0.3, -0.25) is 10.1 Å². The molecule has 0 bridgehead atoms. The number of hydrogen-bond donors (Lipinski definition) is 2. The Morgan fingerprint density at radius 1 is 1.40 bits per heavy atom. The number of non-ortho nitro benzene ring substituents is 1. The first kappa shape index (κ1) is 13.5. The van der Waals surface area contributed by atoms with Crippen LogP contribution in [0.15, 0.2) is 34.7 Å². The van der Waals surface area contributed by atoms with Crippen molar-refractivity contribution in [1.29, 1.82) is 0 Å². The van der Waals surface area contributed by atoms with E-state index in [1.54, 1.807) is 0 Å². The molecule has 0 radical (unpaired) electrons. The van der Waals surface area contributed by atoms with Crippen LogP contribution in [0, 0.1) is 15.9 Å². The van der Waals surface area contributed by atoms with Crippen LogP contribution in [0.2, 0.25) is 0 Å². The summed E-state index contributed by atoms with van der Waals surface area (Å²) in [5, 5.41) is 21.8. The summed E-state index contributed by atoms with van der Waals surface area (Å²) in [6.07, 6.45) is 0. The minimum Gasteiger partial charge on any atom is -0.475 e. The number of nitro groups is 1. The smallest absolute Gasteiger partial charge is 0.371 e. The predicted octanol–water partition coefficient (Wildman–Crippen LogP) is 2.64. The summed E-state index contributed by atoms with van der Waals surface area (Å²) in [6.45, 7) is 0.0576. The van der Waals surface area contributed by atoms with E-state index >= 15 is 0 Å². The van der Waals surface area contributed by atoms with Gasteiger partial charge in [-0.1, -0.05) is 0 Å². The normalized spacial score (nSPS) is 10.2. The van der Waals surface area contributed by atoms with E-state index < -0.39 is 16.7 Å². The zero-order valence-electron chi connectivity index (χ0n) is 10.00. The highest BCUT2D eigenvalue weighted by molar-refractivity contribution is 5.84. The third-order valence-corrected chi connectivity index (χ3v) is 2.49. The topological polar surface area (TPSA) is 106 Å². The zero-order valence-corrected chi connectivity index (χ0v) is 10.00. The van der Waals surface area contributed by atoms with Gasteiger partial charge in [-0.05, 0) is 18.2 Å². The summed E-state index contributed by atoms with van der Waals surface area (Å²) in [5.41, 5.74) is -0.289. The van der Waals surface area contributed by atoms with Crippen molar-refractivity contribution in [2.24, 2.45) is 0 Å². The van der Waals surface area contributed by atoms with Crippen molar-refractivity contribution in [2.75, 3.05) is 5.32 Å². The van der Waals surface area contributed by atoms with Gasteiger partial charge in [-0.25, -0.2) is 9.18 Å². The second-order valence-electron chi connectivity index (χ2n) is 3.85. The van der Waals surface area contributed by atoms with Crippen LogP contribution < -0.4 is 5.32 Å². The Bertz CT molecular complexity index is 668. The van der Waals surface area contributed by atoms with Crippen LogP contribution in [-0.2, 0) is 6.54 Å². The van der Waals surface area contributed by atoms with Gasteiger partial charge in [0, 0.05) is 6.07 Å². The van der Waals surface area contributed by atoms with Crippen molar-refractivity contribution in [1.82, 2.24) is 0 Å². The molecule has 0 amide bonds. The first-order chi connectivity index (χ1) is 9.47. The Morgan fingerprint density at radius 2 is 2.15 bits per heavy atom. The molecular weight excluding hydrogens is 271 g/mol. The van der Waals surface area contributed by atoms with Crippen molar-refractivity contribution < 1.29 is 23.6 Å². The Balaban J connectivity index is 2.06. The molecule has 1 aromatic carbocycles. The van der Waals surface area contributed by atoms with E-state index in [0.29, 0.717) is 5.76 Å². The number of benzene rings is 1. The molecule has 0 fully saturated rings. The average Bonchev–Trinajstić information content (AvgIpc) is 2.86. The van der Waals surface area contributed by atoms with Crippen LogP contribution in [0.5, 0.6) is 0 Å². The zero-order chi connectivity index (χ0) is 14.7. The summed E-state index contributed by atoms with van der Waals surface area (Å²) >= 11 is 0. The second kappa shape index (κ2) is 5.39. The maximum Gasteiger partial charge on any atom is 0.371 e. The number of halogens is 1. The van der Waals surface area contributed by atoms with Crippen molar-refractivity contribution in [2.45, 2.75) is 6.54 Å². The summed E-state index contributed by atoms with van der Waals surface area (Å²) < 4.78 is 18.5. The van der Waals surface area contributed by atoms with Crippen molar-refractivity contribution in [3.8, 4) is 0 Å². The van der Waals surface area contributed by atoms with Crippen molar-refractivity contribution in [3.63, 3.8) is 0 Å². The Kier molecular flexibility index (Phi) is 3.65. The average molecular weight is 280 g/mol. The van der Waals surface area contributed by atoms with Gasteiger partial charge in [0.2, 0.25) is 5.76 Å². The van der Waals surface area contributed by atoms with Crippen LogP contribution in [-0.4, -0.2) is 16.0 Å². The minimum atomic E-state index is -1.20. The van der Waals surface area contributed by atoms with Gasteiger partial charge in [0.05, 0.1) is 23.2 Å². The number of hydrogen-bond acceptors (Lipinski definition) is 5. The van der Waals surface area contributed by atoms with Gasteiger partial charge in [0.15, 0.2) is 5.82 Å². The number of aromatic carboxylic acids is 1. The molecule has 2 rings (SSSR count). The Morgan fingerprint density at radius 3 is 2.70 bits per heavy atom. The first-order valence-corrected chi connectivity index (χ1v) is 5.47. The molecule has 0 aliphatic carbocycles. The van der Waals surface area contributed by atoms with Gasteiger partial charge in [-0.15, -0.1) is 0 Å². The largest absolute Gasteiger partial charge is 0.475 e. The molecular formula is C12H9FN2O5. The third-order valence-electron chi connectivity index (χ3n) is 2.49. The first-order valence-electron chi connectivity index (χ1n) is 5.47. The molecule has 2 N–H and O–H groups in total. The number of rotatable bonds is 5. The van der Waals surface area contributed by atoms with Crippen LogP contribution in [0.25, 0.3) is 0 Å². The molecule has 0 atom stereocenters. The monoisotopic (exact) mass is 280 g/mol. The van der Waals surface area contributed by atoms with Crippen LogP contribution in [0.4, 0.5) is 15.8 Å². The number of nitrogens with one attached hydrogen (secondary N) is 1. The second-order valence-corrected chi connectivity index (χ2v) is 3.85. The molecule has 104 valence electrons. The standard InChI is InChI=1S/C12H9FN2O5/c13-9-5-7(15(18)19)1-3-10(9)14-6-8-2-4-11(20-8)12(16)17/h1-5,14H,6H2,(H,16,17).